The summed E-state index contributed by atoms with van der Waals surface area (Å²) in [6, 6.07) is 7.81. The number of aryl methyl sites for hydroxylation is 1. The highest BCUT2D eigenvalue weighted by Crippen LogP contribution is 2.16. The number of nitrogens with one attached hydrogen (secondary N) is 1. The Kier molecular flexibility index (Phi) is 8.83. The molecule has 3 rings (SSSR count). The molecule has 1 aromatic carbocycles. The van der Waals surface area contributed by atoms with Gasteiger partial charge in [0.05, 0.1) is 5.01 Å². The highest BCUT2D eigenvalue weighted by atomic mass is 32.2. The third-order valence-electron chi connectivity index (χ3n) is 4.84. The van der Waals surface area contributed by atoms with E-state index in [1.165, 1.54) is 5.56 Å². The number of carbonyl (C=O) groups excluding carboxylic acids is 1. The molecule has 0 aliphatic carbocycles. The van der Waals surface area contributed by atoms with Crippen LogP contribution in [0.5, 0.6) is 0 Å². The van der Waals surface area contributed by atoms with Gasteiger partial charge < -0.3 is 4.98 Å². The van der Waals surface area contributed by atoms with Gasteiger partial charge in [-0.15, -0.1) is 11.3 Å². The first-order chi connectivity index (χ1) is 14.6. The second-order valence-electron chi connectivity index (χ2n) is 7.30. The number of rotatable bonds is 12. The Labute approximate surface area is 185 Å². The molecule has 0 saturated carbocycles. The van der Waals surface area contributed by atoms with Crippen LogP contribution in [0, 0.1) is 6.92 Å². The number of unbranched alkanes of at least 4 members (excludes halogenated alkanes) is 4. The number of aromatic amines is 1. The van der Waals surface area contributed by atoms with Crippen LogP contribution in [0.2, 0.25) is 0 Å². The van der Waals surface area contributed by atoms with Crippen LogP contribution in [-0.4, -0.2) is 26.5 Å². The molecule has 0 amide bonds. The van der Waals surface area contributed by atoms with Gasteiger partial charge in [-0.05, 0) is 19.8 Å². The second kappa shape index (κ2) is 11.8. The van der Waals surface area contributed by atoms with E-state index in [9.17, 15) is 9.59 Å². The van der Waals surface area contributed by atoms with Crippen molar-refractivity contribution in [1.29, 1.82) is 0 Å². The smallest absolute Gasteiger partial charge is 0.255 e. The normalized spacial score (nSPS) is 11.0. The van der Waals surface area contributed by atoms with Gasteiger partial charge in [0.1, 0.15) is 0 Å². The zero-order valence-electron chi connectivity index (χ0n) is 17.2. The lowest BCUT2D eigenvalue weighted by atomic mass is 10.0. The van der Waals surface area contributed by atoms with Gasteiger partial charge in [0.15, 0.2) is 10.9 Å². The fraction of sp³-hybridized carbons (Fsp3) is 0.391. The van der Waals surface area contributed by atoms with Crippen LogP contribution in [-0.2, 0) is 6.42 Å². The monoisotopic (exact) mass is 441 g/mol. The maximum Gasteiger partial charge on any atom is 0.255 e. The van der Waals surface area contributed by atoms with Crippen LogP contribution >= 0.6 is 23.1 Å². The quantitative estimate of drug-likeness (QED) is 0.175. The van der Waals surface area contributed by atoms with E-state index in [4.69, 9.17) is 0 Å². The second-order valence-corrected chi connectivity index (χ2v) is 9.36. The van der Waals surface area contributed by atoms with E-state index in [2.05, 4.69) is 15.0 Å². The number of hydrogen-bond donors (Lipinski definition) is 1. The fourth-order valence-corrected chi connectivity index (χ4v) is 4.55. The topological polar surface area (TPSA) is 75.7 Å². The van der Waals surface area contributed by atoms with Crippen molar-refractivity contribution < 1.29 is 4.79 Å². The molecule has 0 bridgehead atoms. The minimum absolute atomic E-state index is 0.0825. The predicted octanol–water partition coefficient (Wildman–Crippen LogP) is 5.44. The molecule has 7 heteroatoms. The summed E-state index contributed by atoms with van der Waals surface area (Å²) in [6.45, 7) is 2.03. The van der Waals surface area contributed by atoms with E-state index in [-0.39, 0.29) is 11.3 Å². The molecule has 0 aliphatic heterocycles. The third-order valence-corrected chi connectivity index (χ3v) is 6.59. The molecule has 0 unspecified atom stereocenters. The third kappa shape index (κ3) is 7.22. The zero-order valence-corrected chi connectivity index (χ0v) is 18.9. The number of hydrogen-bond acceptors (Lipinski definition) is 6. The number of thiazole rings is 1. The van der Waals surface area contributed by atoms with Gasteiger partial charge in [0.25, 0.3) is 5.56 Å². The van der Waals surface area contributed by atoms with Crippen LogP contribution in [0.1, 0.15) is 65.0 Å². The van der Waals surface area contributed by atoms with E-state index >= 15 is 0 Å². The number of H-pyrrole nitrogens is 1. The van der Waals surface area contributed by atoms with E-state index in [0.29, 0.717) is 23.6 Å². The zero-order chi connectivity index (χ0) is 21.2. The standard InChI is InChI=1S/C23H27N3O2S2/c1-17-8-10-18(11-9-17)20(27)7-5-3-2-4-6-13-30-23-25-16-19(22(28)26-23)15-21-24-12-14-29-21/h8-12,14,16H,2-7,13,15H2,1H3,(H,25,26,28). The highest BCUT2D eigenvalue weighted by molar-refractivity contribution is 7.99. The van der Waals surface area contributed by atoms with Crippen molar-refractivity contribution in [3.8, 4) is 0 Å². The molecule has 0 spiro atoms. The average molecular weight is 442 g/mol. The van der Waals surface area contributed by atoms with E-state index in [0.717, 1.165) is 48.4 Å². The summed E-state index contributed by atoms with van der Waals surface area (Å²) < 4.78 is 0. The van der Waals surface area contributed by atoms with Crippen LogP contribution in [0.3, 0.4) is 0 Å². The van der Waals surface area contributed by atoms with Crippen molar-refractivity contribution in [1.82, 2.24) is 15.0 Å². The first kappa shape index (κ1) is 22.4. The Morgan fingerprint density at radius 3 is 2.57 bits per heavy atom. The van der Waals surface area contributed by atoms with Crippen LogP contribution < -0.4 is 5.56 Å². The number of aromatic nitrogens is 3. The minimum Gasteiger partial charge on any atom is -0.301 e. The van der Waals surface area contributed by atoms with Crippen molar-refractivity contribution in [3.05, 3.63) is 74.1 Å². The molecule has 2 heterocycles. The molecule has 0 saturated heterocycles. The van der Waals surface area contributed by atoms with Crippen molar-refractivity contribution in [2.75, 3.05) is 5.75 Å². The Morgan fingerprint density at radius 2 is 1.83 bits per heavy atom. The van der Waals surface area contributed by atoms with Gasteiger partial charge in [-0.3, -0.25) is 9.59 Å². The molecule has 30 heavy (non-hydrogen) atoms. The number of benzene rings is 1. The van der Waals surface area contributed by atoms with Crippen molar-refractivity contribution in [3.63, 3.8) is 0 Å². The SMILES string of the molecule is Cc1ccc(C(=O)CCCCCCCSc2ncc(Cc3nccs3)c(=O)[nH]2)cc1. The molecular formula is C23H27N3O2S2. The average Bonchev–Trinajstić information content (AvgIpc) is 3.25. The molecule has 158 valence electrons. The van der Waals surface area contributed by atoms with Gasteiger partial charge in [-0.25, -0.2) is 9.97 Å². The summed E-state index contributed by atoms with van der Waals surface area (Å²) in [6.07, 6.45) is 9.88. The Balaban J connectivity index is 1.27. The summed E-state index contributed by atoms with van der Waals surface area (Å²) in [4.78, 5) is 35.8. The van der Waals surface area contributed by atoms with Crippen LogP contribution in [0.15, 0.2) is 52.0 Å². The lowest BCUT2D eigenvalue weighted by molar-refractivity contribution is 0.0979. The van der Waals surface area contributed by atoms with Gasteiger partial charge in [-0.1, -0.05) is 60.9 Å². The minimum atomic E-state index is -0.0825. The largest absolute Gasteiger partial charge is 0.301 e. The molecule has 5 nitrogen and oxygen atoms in total. The maximum atomic E-state index is 12.2. The van der Waals surface area contributed by atoms with Gasteiger partial charge >= 0.3 is 0 Å². The molecule has 2 aromatic heterocycles. The fourth-order valence-electron chi connectivity index (χ4n) is 3.08. The van der Waals surface area contributed by atoms with Crippen LogP contribution in [0.25, 0.3) is 0 Å². The first-order valence-electron chi connectivity index (χ1n) is 10.3. The molecule has 0 radical (unpaired) electrons. The summed E-state index contributed by atoms with van der Waals surface area (Å²) in [7, 11) is 0. The van der Waals surface area contributed by atoms with Crippen molar-refractivity contribution in [2.24, 2.45) is 0 Å². The number of thioether (sulfide) groups is 1. The number of nitrogens with zero attached hydrogens (tertiary/aromatic N) is 2. The van der Waals surface area contributed by atoms with Gasteiger partial charge in [0.2, 0.25) is 0 Å². The number of ketones is 1. The molecule has 1 N–H and O–H groups in total. The molecule has 0 atom stereocenters. The highest BCUT2D eigenvalue weighted by Gasteiger charge is 2.07. The molecule has 0 aliphatic rings. The number of carbonyl (C=O) groups is 1. The first-order valence-corrected chi connectivity index (χ1v) is 12.2. The lowest BCUT2D eigenvalue weighted by Crippen LogP contribution is -2.14. The molecular weight excluding hydrogens is 414 g/mol. The Morgan fingerprint density at radius 1 is 1.07 bits per heavy atom. The van der Waals surface area contributed by atoms with Gasteiger partial charge in [-0.2, -0.15) is 0 Å². The van der Waals surface area contributed by atoms with E-state index in [1.807, 2.05) is 36.6 Å². The van der Waals surface area contributed by atoms with Crippen LogP contribution in [0.4, 0.5) is 0 Å². The Bertz CT molecular complexity index is 982. The summed E-state index contributed by atoms with van der Waals surface area (Å²) in [5.74, 6) is 1.16. The van der Waals surface area contributed by atoms with Crippen molar-refractivity contribution in [2.45, 2.75) is 57.0 Å². The maximum absolute atomic E-state index is 12.2. The van der Waals surface area contributed by atoms with Gasteiger partial charge in [0, 0.05) is 47.5 Å². The lowest BCUT2D eigenvalue weighted by Gasteiger charge is -2.04. The Hall–Kier alpha value is -2.25. The van der Waals surface area contributed by atoms with Crippen molar-refractivity contribution >= 4 is 28.9 Å². The number of Topliss-reactive ketones (excluding diaryl/α,β-unsaturated/α-hetero) is 1. The molecule has 3 aromatic rings. The molecule has 0 fully saturated rings. The van der Waals surface area contributed by atoms with E-state index < -0.39 is 0 Å². The summed E-state index contributed by atoms with van der Waals surface area (Å²) in [5.41, 5.74) is 2.56. The summed E-state index contributed by atoms with van der Waals surface area (Å²) >= 11 is 3.13. The predicted molar refractivity (Wildman–Crippen MR) is 124 cm³/mol. The summed E-state index contributed by atoms with van der Waals surface area (Å²) in [5, 5.41) is 3.50. The van der Waals surface area contributed by atoms with E-state index in [1.54, 1.807) is 35.5 Å².